The van der Waals surface area contributed by atoms with Crippen molar-refractivity contribution in [1.82, 2.24) is 5.32 Å². The first-order chi connectivity index (χ1) is 14.3. The summed E-state index contributed by atoms with van der Waals surface area (Å²) in [5.74, 6) is -4.08. The normalized spacial score (nSPS) is 36.3. The Kier molecular flexibility index (Phi) is 8.31. The summed E-state index contributed by atoms with van der Waals surface area (Å²) < 4.78 is 49.7. The number of amides is 1. The van der Waals surface area contributed by atoms with Crippen molar-refractivity contribution >= 4 is 22.3 Å². The van der Waals surface area contributed by atoms with Crippen LogP contribution >= 0.6 is 0 Å². The molecule has 0 spiro atoms. The molecule has 2 heterocycles. The molecule has 1 unspecified atom stereocenters. The van der Waals surface area contributed by atoms with E-state index >= 15 is 0 Å². The van der Waals surface area contributed by atoms with Crippen molar-refractivity contribution in [2.45, 2.75) is 50.0 Å². The van der Waals surface area contributed by atoms with E-state index in [2.05, 4.69) is 9.50 Å². The van der Waals surface area contributed by atoms with Crippen LogP contribution in [0.2, 0.25) is 0 Å². The molecule has 0 saturated carbocycles. The number of carboxylic acids is 1. The van der Waals surface area contributed by atoms with Gasteiger partial charge in [0, 0.05) is 12.8 Å². The number of aliphatic hydroxyl groups excluding tert-OH is 4. The van der Waals surface area contributed by atoms with Crippen molar-refractivity contribution in [1.29, 1.82) is 0 Å². The molecule has 0 aromatic carbocycles. The molecule has 8 atom stereocenters. The number of carbonyl (C=O) groups is 2. The van der Waals surface area contributed by atoms with E-state index in [0.717, 1.165) is 13.0 Å². The summed E-state index contributed by atoms with van der Waals surface area (Å²) in [6, 6.07) is -1.28. The number of hydrogen-bond acceptors (Lipinski definition) is 12. The third-order valence-electron chi connectivity index (χ3n) is 4.51. The van der Waals surface area contributed by atoms with Gasteiger partial charge in [0.1, 0.15) is 18.3 Å². The first-order valence-corrected chi connectivity index (χ1v) is 10.2. The van der Waals surface area contributed by atoms with Crippen LogP contribution < -0.4 is 5.32 Å². The first kappa shape index (κ1) is 25.4. The van der Waals surface area contributed by atoms with E-state index in [1.807, 2.05) is 0 Å². The van der Waals surface area contributed by atoms with Gasteiger partial charge in [-0.1, -0.05) is 0 Å². The average Bonchev–Trinajstić information content (AvgIpc) is 2.64. The van der Waals surface area contributed by atoms with Crippen molar-refractivity contribution in [3.63, 3.8) is 0 Å². The number of rotatable bonds is 8. The van der Waals surface area contributed by atoms with E-state index < -0.39 is 90.2 Å². The van der Waals surface area contributed by atoms with Crippen LogP contribution in [0.25, 0.3) is 0 Å². The van der Waals surface area contributed by atoms with E-state index in [1.54, 1.807) is 0 Å². The molecule has 0 radical (unpaired) electrons. The summed E-state index contributed by atoms with van der Waals surface area (Å²) in [6.45, 7) is -0.372. The maximum atomic E-state index is 11.5. The molecule has 0 aliphatic carbocycles. The Hall–Kier alpha value is -1.89. The summed E-state index contributed by atoms with van der Waals surface area (Å²) in [5, 5.41) is 51.7. The Morgan fingerprint density at radius 1 is 1.16 bits per heavy atom. The molecular weight excluding hydrogens is 450 g/mol. The molecule has 15 nitrogen and oxygen atoms in total. The molecular formula is C15H23NO14S. The number of nitrogens with one attached hydrogen (secondary N) is 1. The molecule has 16 heteroatoms. The minimum Gasteiger partial charge on any atom is -0.475 e. The van der Waals surface area contributed by atoms with Crippen LogP contribution in [0.15, 0.2) is 11.8 Å². The number of carbonyl (C=O) groups excluding carboxylic acids is 1. The average molecular weight is 473 g/mol. The highest BCUT2D eigenvalue weighted by Gasteiger charge is 2.47. The smallest absolute Gasteiger partial charge is 0.397 e. The number of hydrogen-bond donors (Lipinski definition) is 7. The molecule has 178 valence electrons. The summed E-state index contributed by atoms with van der Waals surface area (Å²) >= 11 is 0. The molecule has 2 rings (SSSR count). The van der Waals surface area contributed by atoms with Crippen molar-refractivity contribution in [3.05, 3.63) is 11.8 Å². The zero-order valence-electron chi connectivity index (χ0n) is 16.0. The van der Waals surface area contributed by atoms with Gasteiger partial charge in [0.15, 0.2) is 6.29 Å². The van der Waals surface area contributed by atoms with Gasteiger partial charge in [0.05, 0.1) is 25.4 Å². The van der Waals surface area contributed by atoms with Gasteiger partial charge in [-0.05, 0) is 6.08 Å². The van der Waals surface area contributed by atoms with Gasteiger partial charge in [-0.2, -0.15) is 8.42 Å². The lowest BCUT2D eigenvalue weighted by atomic mass is 9.87. The van der Waals surface area contributed by atoms with Crippen molar-refractivity contribution in [2.75, 3.05) is 13.2 Å². The Morgan fingerprint density at radius 2 is 1.81 bits per heavy atom. The van der Waals surface area contributed by atoms with Crippen LogP contribution in [0.5, 0.6) is 0 Å². The van der Waals surface area contributed by atoms with Crippen LogP contribution in [0.4, 0.5) is 0 Å². The van der Waals surface area contributed by atoms with Crippen molar-refractivity contribution < 1.29 is 66.5 Å². The summed E-state index contributed by atoms with van der Waals surface area (Å²) in [5.41, 5.74) is 0. The highest BCUT2D eigenvalue weighted by Crippen LogP contribution is 2.28. The largest absolute Gasteiger partial charge is 0.475 e. The maximum Gasteiger partial charge on any atom is 0.397 e. The van der Waals surface area contributed by atoms with Gasteiger partial charge in [-0.15, -0.1) is 0 Å². The lowest BCUT2D eigenvalue weighted by Crippen LogP contribution is -2.62. The van der Waals surface area contributed by atoms with Crippen LogP contribution in [0.3, 0.4) is 0 Å². The lowest BCUT2D eigenvalue weighted by molar-refractivity contribution is -0.261. The van der Waals surface area contributed by atoms with Gasteiger partial charge < -0.3 is 45.1 Å². The third-order valence-corrected chi connectivity index (χ3v) is 4.95. The van der Waals surface area contributed by atoms with Crippen molar-refractivity contribution in [2.24, 2.45) is 5.92 Å². The molecule has 7 N–H and O–H groups in total. The summed E-state index contributed by atoms with van der Waals surface area (Å²) in [4.78, 5) is 22.5. The maximum absolute atomic E-state index is 11.5. The van der Waals surface area contributed by atoms with Crippen LogP contribution in [-0.2, 0) is 38.4 Å². The first-order valence-electron chi connectivity index (χ1n) is 8.80. The topological polar surface area (TPSA) is 239 Å². The highest BCUT2D eigenvalue weighted by atomic mass is 32.3. The molecule has 2 aliphatic heterocycles. The Balaban J connectivity index is 2.16. The predicted molar refractivity (Wildman–Crippen MR) is 94.0 cm³/mol. The minimum atomic E-state index is -4.89. The van der Waals surface area contributed by atoms with Gasteiger partial charge in [0.2, 0.25) is 18.0 Å². The van der Waals surface area contributed by atoms with Gasteiger partial charge in [-0.25, -0.2) is 8.98 Å². The van der Waals surface area contributed by atoms with Crippen LogP contribution in [0, 0.1) is 5.92 Å². The summed E-state index contributed by atoms with van der Waals surface area (Å²) in [7, 11) is -4.89. The Bertz CT molecular complexity index is 800. The fourth-order valence-corrected chi connectivity index (χ4v) is 3.37. The highest BCUT2D eigenvalue weighted by molar-refractivity contribution is 7.80. The summed E-state index contributed by atoms with van der Waals surface area (Å²) in [6.07, 6.45) is -9.19. The zero-order chi connectivity index (χ0) is 23.5. The second kappa shape index (κ2) is 10.2. The second-order valence-electron chi connectivity index (χ2n) is 6.79. The predicted octanol–water partition coefficient (Wildman–Crippen LogP) is -3.93. The Labute approximate surface area is 175 Å². The lowest BCUT2D eigenvalue weighted by Gasteiger charge is -2.43. The standard InChI is InChI=1S/C15H23NO14S/c1-5(17)16-10-6(11(19)9(29-14(10)23)4-28-31(24,25)26)3-27-15-12(20)7(18)2-8(30-15)13(21)22/h2,6-7,9-12,14-15,18-20,23H,3-4H2,1H3,(H,16,17)(H,21,22)(H,24,25,26)/t6-,7+,9-,10-,11-,12+,14?,15-/m1/s1. The molecule has 1 amide bonds. The second-order valence-corrected chi connectivity index (χ2v) is 7.89. The molecule has 0 aromatic heterocycles. The Morgan fingerprint density at radius 3 is 2.35 bits per heavy atom. The SMILES string of the molecule is CC(=O)N[C@H]1C(O)O[C@H](COS(=O)(=O)O)[C@H](O)[C@@H]1CO[C@@H]1OC(C(=O)O)=C[C@H](O)[C@@H]1O. The van der Waals surface area contributed by atoms with E-state index in [1.165, 1.54) is 0 Å². The quantitative estimate of drug-likeness (QED) is 0.167. The fraction of sp³-hybridized carbons (Fsp3) is 0.733. The van der Waals surface area contributed by atoms with Crippen LogP contribution in [-0.4, -0.2) is 107 Å². The van der Waals surface area contributed by atoms with Crippen molar-refractivity contribution in [3.8, 4) is 0 Å². The van der Waals surface area contributed by atoms with Gasteiger partial charge in [0.25, 0.3) is 0 Å². The minimum absolute atomic E-state index is 0.587. The number of aliphatic carboxylic acids is 1. The number of ether oxygens (including phenoxy) is 3. The third kappa shape index (κ3) is 6.79. The van der Waals surface area contributed by atoms with Gasteiger partial charge in [-0.3, -0.25) is 9.35 Å². The monoisotopic (exact) mass is 473 g/mol. The molecule has 1 fully saturated rings. The molecule has 0 bridgehead atoms. The van der Waals surface area contributed by atoms with E-state index in [9.17, 15) is 38.4 Å². The number of aliphatic hydroxyl groups is 4. The van der Waals surface area contributed by atoms with E-state index in [0.29, 0.717) is 0 Å². The van der Waals surface area contributed by atoms with E-state index in [-0.39, 0.29) is 0 Å². The zero-order valence-corrected chi connectivity index (χ0v) is 16.8. The molecule has 31 heavy (non-hydrogen) atoms. The fourth-order valence-electron chi connectivity index (χ4n) is 3.06. The molecule has 0 aromatic rings. The number of carboxylic acid groups (broad SMARTS) is 1. The molecule has 1 saturated heterocycles. The van der Waals surface area contributed by atoms with Gasteiger partial charge >= 0.3 is 16.4 Å². The van der Waals surface area contributed by atoms with Crippen LogP contribution in [0.1, 0.15) is 6.92 Å². The molecule has 2 aliphatic rings. The van der Waals surface area contributed by atoms with E-state index in [4.69, 9.17) is 23.9 Å².